The number of hydrogen-bond acceptors (Lipinski definition) is 4. The molecule has 0 unspecified atom stereocenters. The van der Waals surface area contributed by atoms with E-state index in [-0.39, 0.29) is 18.2 Å². The highest BCUT2D eigenvalue weighted by Gasteiger charge is 2.23. The van der Waals surface area contributed by atoms with Gasteiger partial charge >= 0.3 is 0 Å². The number of aryl methyl sites for hydroxylation is 2. The van der Waals surface area contributed by atoms with Crippen LogP contribution in [0.4, 0.5) is 5.69 Å². The fraction of sp³-hybridized carbons (Fsp3) is 0.120. The summed E-state index contributed by atoms with van der Waals surface area (Å²) in [7, 11) is 0. The van der Waals surface area contributed by atoms with Gasteiger partial charge in [-0.15, -0.1) is 0 Å². The average molecular weight is 468 g/mol. The Morgan fingerprint density at radius 3 is 2.31 bits per heavy atom. The number of para-hydroxylation sites is 1. The number of hydrogen-bond donors (Lipinski definition) is 1. The number of fused-ring (bicyclic) bond motifs is 1. The molecule has 7 heteroatoms. The molecule has 162 valence electrons. The first-order chi connectivity index (χ1) is 15.3. The average Bonchev–Trinajstić information content (AvgIpc) is 3.14. The second-order valence-electron chi connectivity index (χ2n) is 7.35. The number of amides is 1. The monoisotopic (exact) mass is 467 g/mol. The van der Waals surface area contributed by atoms with Crippen LogP contribution in [-0.4, -0.2) is 18.3 Å². The van der Waals surface area contributed by atoms with E-state index in [1.54, 1.807) is 60.7 Å². The van der Waals surface area contributed by atoms with Crippen LogP contribution in [0.1, 0.15) is 27.2 Å². The zero-order chi connectivity index (χ0) is 22.8. The number of benzene rings is 3. The van der Waals surface area contributed by atoms with Gasteiger partial charge in [0.25, 0.3) is 5.91 Å². The van der Waals surface area contributed by atoms with Crippen LogP contribution in [0.2, 0.25) is 10.0 Å². The van der Waals surface area contributed by atoms with E-state index >= 15 is 0 Å². The van der Waals surface area contributed by atoms with Gasteiger partial charge in [-0.25, -0.2) is 0 Å². The molecule has 0 aliphatic heterocycles. The van der Waals surface area contributed by atoms with Gasteiger partial charge in [-0.3, -0.25) is 9.59 Å². The van der Waals surface area contributed by atoms with E-state index in [4.69, 9.17) is 32.4 Å². The minimum atomic E-state index is -0.424. The minimum absolute atomic E-state index is 0.0417. The first kappa shape index (κ1) is 21.9. The quantitative estimate of drug-likeness (QED) is 0.324. The maximum absolute atomic E-state index is 13.1. The number of ketones is 1. The van der Waals surface area contributed by atoms with Crippen LogP contribution in [0.25, 0.3) is 11.0 Å². The number of carbonyl (C=O) groups is 2. The Bertz CT molecular complexity index is 1300. The van der Waals surface area contributed by atoms with Crippen molar-refractivity contribution in [2.75, 3.05) is 11.9 Å². The fourth-order valence-corrected chi connectivity index (χ4v) is 3.61. The van der Waals surface area contributed by atoms with E-state index in [0.29, 0.717) is 38.0 Å². The lowest BCUT2D eigenvalue weighted by Gasteiger charge is -2.10. The lowest BCUT2D eigenvalue weighted by Crippen LogP contribution is -2.21. The van der Waals surface area contributed by atoms with E-state index in [9.17, 15) is 9.59 Å². The van der Waals surface area contributed by atoms with Crippen molar-refractivity contribution in [1.29, 1.82) is 0 Å². The van der Waals surface area contributed by atoms with Gasteiger partial charge in [-0.05, 0) is 73.5 Å². The predicted molar refractivity (Wildman–Crippen MR) is 126 cm³/mol. The summed E-state index contributed by atoms with van der Waals surface area (Å²) in [6.07, 6.45) is 0. The molecule has 0 spiro atoms. The third kappa shape index (κ3) is 4.49. The van der Waals surface area contributed by atoms with Crippen molar-refractivity contribution >= 4 is 51.5 Å². The molecule has 3 aromatic carbocycles. The number of anilines is 1. The molecular formula is C25H19Cl2NO4. The summed E-state index contributed by atoms with van der Waals surface area (Å²) < 4.78 is 11.4. The highest BCUT2D eigenvalue weighted by atomic mass is 35.5. The molecule has 1 N–H and O–H groups in total. The van der Waals surface area contributed by atoms with Crippen LogP contribution in [-0.2, 0) is 4.79 Å². The number of halogens is 2. The molecule has 1 heterocycles. The zero-order valence-corrected chi connectivity index (χ0v) is 18.9. The van der Waals surface area contributed by atoms with Gasteiger partial charge in [0.15, 0.2) is 12.4 Å². The van der Waals surface area contributed by atoms with Crippen LogP contribution in [0.5, 0.6) is 5.75 Å². The van der Waals surface area contributed by atoms with Crippen LogP contribution >= 0.6 is 23.2 Å². The first-order valence-corrected chi connectivity index (χ1v) is 10.6. The molecule has 0 bridgehead atoms. The second kappa shape index (κ2) is 9.07. The molecule has 0 saturated heterocycles. The number of carbonyl (C=O) groups excluding carboxylic acids is 2. The van der Waals surface area contributed by atoms with E-state index < -0.39 is 5.91 Å². The molecule has 0 fully saturated rings. The summed E-state index contributed by atoms with van der Waals surface area (Å²) in [6.45, 7) is 3.50. The lowest BCUT2D eigenvalue weighted by atomic mass is 10.1. The molecule has 0 atom stereocenters. The van der Waals surface area contributed by atoms with Gasteiger partial charge in [0.2, 0.25) is 5.78 Å². The molecule has 1 aromatic heterocycles. The van der Waals surface area contributed by atoms with Crippen molar-refractivity contribution in [3.8, 4) is 5.75 Å². The Balaban J connectivity index is 1.59. The Kier molecular flexibility index (Phi) is 6.21. The molecule has 4 rings (SSSR count). The Hall–Kier alpha value is -3.28. The van der Waals surface area contributed by atoms with E-state index in [1.165, 1.54) is 0 Å². The normalized spacial score (nSPS) is 10.9. The molecular weight excluding hydrogens is 449 g/mol. The smallest absolute Gasteiger partial charge is 0.262 e. The second-order valence-corrected chi connectivity index (χ2v) is 8.16. The van der Waals surface area contributed by atoms with E-state index in [2.05, 4.69) is 5.32 Å². The minimum Gasteiger partial charge on any atom is -0.484 e. The van der Waals surface area contributed by atoms with Crippen molar-refractivity contribution in [2.24, 2.45) is 0 Å². The highest BCUT2D eigenvalue weighted by Crippen LogP contribution is 2.33. The van der Waals surface area contributed by atoms with Crippen LogP contribution in [0.15, 0.2) is 65.1 Å². The van der Waals surface area contributed by atoms with Crippen molar-refractivity contribution < 1.29 is 18.7 Å². The third-order valence-corrected chi connectivity index (χ3v) is 5.80. The number of rotatable bonds is 6. The summed E-state index contributed by atoms with van der Waals surface area (Å²) in [6, 6.07) is 17.1. The summed E-state index contributed by atoms with van der Waals surface area (Å²) in [5.41, 5.74) is 2.91. The highest BCUT2D eigenvalue weighted by molar-refractivity contribution is 6.32. The molecule has 0 aliphatic carbocycles. The Morgan fingerprint density at radius 2 is 1.62 bits per heavy atom. The van der Waals surface area contributed by atoms with Crippen molar-refractivity contribution in [1.82, 2.24) is 0 Å². The van der Waals surface area contributed by atoms with Gasteiger partial charge in [0, 0.05) is 21.0 Å². The van der Waals surface area contributed by atoms with Gasteiger partial charge in [0.1, 0.15) is 11.3 Å². The largest absolute Gasteiger partial charge is 0.484 e. The van der Waals surface area contributed by atoms with Gasteiger partial charge in [-0.1, -0.05) is 35.3 Å². The summed E-state index contributed by atoms with van der Waals surface area (Å²) in [5, 5.41) is 4.58. The predicted octanol–water partition coefficient (Wildman–Crippen LogP) is 6.60. The van der Waals surface area contributed by atoms with E-state index in [0.717, 1.165) is 11.1 Å². The Morgan fingerprint density at radius 1 is 0.969 bits per heavy atom. The number of ether oxygens (including phenoxy) is 1. The molecule has 5 nitrogen and oxygen atoms in total. The van der Waals surface area contributed by atoms with Crippen molar-refractivity contribution in [3.63, 3.8) is 0 Å². The summed E-state index contributed by atoms with van der Waals surface area (Å²) in [5.74, 6) is -0.209. The topological polar surface area (TPSA) is 68.5 Å². The maximum atomic E-state index is 13.1. The number of furan rings is 1. The van der Waals surface area contributed by atoms with Crippen molar-refractivity contribution in [3.05, 3.63) is 93.2 Å². The molecule has 0 aliphatic rings. The van der Waals surface area contributed by atoms with Crippen LogP contribution < -0.4 is 10.1 Å². The van der Waals surface area contributed by atoms with E-state index in [1.807, 2.05) is 13.8 Å². The van der Waals surface area contributed by atoms with Gasteiger partial charge in [0.05, 0.1) is 5.69 Å². The molecule has 32 heavy (non-hydrogen) atoms. The van der Waals surface area contributed by atoms with Crippen molar-refractivity contribution in [2.45, 2.75) is 13.8 Å². The third-order valence-electron chi connectivity index (χ3n) is 4.95. The maximum Gasteiger partial charge on any atom is 0.262 e. The summed E-state index contributed by atoms with van der Waals surface area (Å²) >= 11 is 12.1. The molecule has 0 radical (unpaired) electrons. The Labute approximate surface area is 194 Å². The SMILES string of the molecule is Cc1cc(OCC(=O)Nc2c(C(=O)c3ccc(Cl)cc3)oc3ccccc23)cc(C)c1Cl. The molecule has 4 aromatic rings. The standard InChI is InChI=1S/C25H19Cl2NO4/c1-14-11-18(12-15(2)22(14)27)31-13-21(29)28-23-19-5-3-4-6-20(19)32-25(23)24(30)16-7-9-17(26)10-8-16/h3-12H,13H2,1-2H3,(H,28,29). The first-order valence-electron chi connectivity index (χ1n) is 9.84. The van der Waals surface area contributed by atoms with Crippen LogP contribution in [0, 0.1) is 13.8 Å². The van der Waals surface area contributed by atoms with Crippen LogP contribution in [0.3, 0.4) is 0 Å². The number of nitrogens with one attached hydrogen (secondary N) is 1. The molecule has 0 saturated carbocycles. The molecule has 1 amide bonds. The van der Waals surface area contributed by atoms with Gasteiger partial charge < -0.3 is 14.5 Å². The summed E-state index contributed by atoms with van der Waals surface area (Å²) in [4.78, 5) is 25.8. The lowest BCUT2D eigenvalue weighted by molar-refractivity contribution is -0.118. The fourth-order valence-electron chi connectivity index (χ4n) is 3.38. The zero-order valence-electron chi connectivity index (χ0n) is 17.4. The van der Waals surface area contributed by atoms with Gasteiger partial charge in [-0.2, -0.15) is 0 Å².